The minimum Gasteiger partial charge on any atom is -0.327 e. The minimum absolute atomic E-state index is 0.619. The fourth-order valence-corrected chi connectivity index (χ4v) is 1.43. The molecule has 0 fully saturated rings. The smallest absolute Gasteiger partial charge is 0.0178 e. The van der Waals surface area contributed by atoms with Crippen molar-refractivity contribution in [3.63, 3.8) is 0 Å². The highest BCUT2D eigenvalue weighted by atomic mass is 79.9. The number of hydrogen-bond donors (Lipinski definition) is 1. The van der Waals surface area contributed by atoms with Gasteiger partial charge in [-0.25, -0.2) is 0 Å². The quantitative estimate of drug-likeness (QED) is 0.787. The van der Waals surface area contributed by atoms with Crippen LogP contribution in [0.25, 0.3) is 0 Å². The van der Waals surface area contributed by atoms with Crippen molar-refractivity contribution < 1.29 is 0 Å². The molecule has 0 aliphatic heterocycles. The lowest BCUT2D eigenvalue weighted by Crippen LogP contribution is -1.92. The summed E-state index contributed by atoms with van der Waals surface area (Å²) < 4.78 is 1.13. The normalized spacial score (nSPS) is 10.8. The molecule has 0 aliphatic carbocycles. The maximum Gasteiger partial charge on any atom is 0.0178 e. The van der Waals surface area contributed by atoms with Gasteiger partial charge in [-0.15, -0.1) is 0 Å². The molecule has 12 heavy (non-hydrogen) atoms. The Hall–Kier alpha value is -0.600. The van der Waals surface area contributed by atoms with Crippen LogP contribution in [-0.4, -0.2) is 6.54 Å². The van der Waals surface area contributed by atoms with E-state index < -0.39 is 0 Å². The Morgan fingerprint density at radius 1 is 1.33 bits per heavy atom. The van der Waals surface area contributed by atoms with Gasteiger partial charge >= 0.3 is 0 Å². The third kappa shape index (κ3) is 3.20. The van der Waals surface area contributed by atoms with Gasteiger partial charge in [-0.2, -0.15) is 0 Å². The molecule has 2 heteroatoms. The summed E-state index contributed by atoms with van der Waals surface area (Å²) in [4.78, 5) is 0. The predicted octanol–water partition coefficient (Wildman–Crippen LogP) is 2.51. The van der Waals surface area contributed by atoms with Crippen LogP contribution in [0.4, 0.5) is 0 Å². The zero-order valence-corrected chi connectivity index (χ0v) is 8.42. The maximum atomic E-state index is 5.33. The van der Waals surface area contributed by atoms with E-state index in [1.807, 2.05) is 18.2 Å². The second kappa shape index (κ2) is 5.12. The van der Waals surface area contributed by atoms with Gasteiger partial charge in [0.25, 0.3) is 0 Å². The topological polar surface area (TPSA) is 26.0 Å². The molecular weight excluding hydrogens is 214 g/mol. The maximum absolute atomic E-state index is 5.33. The first-order chi connectivity index (χ1) is 5.83. The average Bonchev–Trinajstić information content (AvgIpc) is 2.05. The molecular formula is C10H12BrN. The van der Waals surface area contributed by atoms with Gasteiger partial charge in [-0.05, 0) is 24.1 Å². The van der Waals surface area contributed by atoms with E-state index in [4.69, 9.17) is 5.73 Å². The first-order valence-corrected chi connectivity index (χ1v) is 4.71. The van der Waals surface area contributed by atoms with Crippen LogP contribution in [-0.2, 0) is 6.42 Å². The Morgan fingerprint density at radius 2 is 2.17 bits per heavy atom. The van der Waals surface area contributed by atoms with Gasteiger partial charge in [-0.3, -0.25) is 0 Å². The third-order valence-corrected chi connectivity index (χ3v) is 2.04. The molecule has 0 unspecified atom stereocenters. The van der Waals surface area contributed by atoms with Gasteiger partial charge in [-0.1, -0.05) is 40.2 Å². The molecule has 2 N–H and O–H groups in total. The van der Waals surface area contributed by atoms with Gasteiger partial charge in [0.15, 0.2) is 0 Å². The fourth-order valence-electron chi connectivity index (χ4n) is 0.980. The van der Waals surface area contributed by atoms with Crippen molar-refractivity contribution in [3.8, 4) is 0 Å². The van der Waals surface area contributed by atoms with E-state index in [2.05, 4.69) is 34.1 Å². The van der Waals surface area contributed by atoms with Crippen molar-refractivity contribution in [1.29, 1.82) is 0 Å². The van der Waals surface area contributed by atoms with Crippen molar-refractivity contribution in [2.24, 2.45) is 5.73 Å². The van der Waals surface area contributed by atoms with Crippen molar-refractivity contribution >= 4 is 15.9 Å². The zero-order valence-electron chi connectivity index (χ0n) is 6.83. The largest absolute Gasteiger partial charge is 0.327 e. The Labute approximate surface area is 81.4 Å². The van der Waals surface area contributed by atoms with Crippen LogP contribution < -0.4 is 5.73 Å². The number of halogens is 1. The van der Waals surface area contributed by atoms with Gasteiger partial charge in [0.2, 0.25) is 0 Å². The van der Waals surface area contributed by atoms with Crippen molar-refractivity contribution in [2.45, 2.75) is 6.42 Å². The molecule has 1 aromatic carbocycles. The van der Waals surface area contributed by atoms with Gasteiger partial charge in [0, 0.05) is 11.0 Å². The molecule has 0 aromatic heterocycles. The molecule has 1 aromatic rings. The first kappa shape index (κ1) is 9.49. The SMILES string of the molecule is NC/C=C/Cc1cccc(Br)c1. The van der Waals surface area contributed by atoms with E-state index in [0.717, 1.165) is 10.9 Å². The van der Waals surface area contributed by atoms with E-state index in [1.165, 1.54) is 5.56 Å². The molecule has 0 bridgehead atoms. The van der Waals surface area contributed by atoms with Crippen LogP contribution in [0, 0.1) is 0 Å². The lowest BCUT2D eigenvalue weighted by atomic mass is 10.1. The van der Waals surface area contributed by atoms with Crippen molar-refractivity contribution in [2.75, 3.05) is 6.54 Å². The summed E-state index contributed by atoms with van der Waals surface area (Å²) >= 11 is 3.42. The first-order valence-electron chi connectivity index (χ1n) is 3.92. The Bertz CT molecular complexity index is 268. The van der Waals surface area contributed by atoms with E-state index in [1.54, 1.807) is 0 Å². The summed E-state index contributed by atoms with van der Waals surface area (Å²) in [6.07, 6.45) is 5.01. The van der Waals surface area contributed by atoms with E-state index in [0.29, 0.717) is 6.54 Å². The summed E-state index contributed by atoms with van der Waals surface area (Å²) in [7, 11) is 0. The Kier molecular flexibility index (Phi) is 4.05. The summed E-state index contributed by atoms with van der Waals surface area (Å²) in [6, 6.07) is 8.28. The molecule has 1 rings (SSSR count). The second-order valence-corrected chi connectivity index (χ2v) is 3.46. The lowest BCUT2D eigenvalue weighted by molar-refractivity contribution is 1.20. The van der Waals surface area contributed by atoms with Gasteiger partial charge < -0.3 is 5.73 Å². The molecule has 0 saturated carbocycles. The van der Waals surface area contributed by atoms with E-state index in [9.17, 15) is 0 Å². The molecule has 0 radical (unpaired) electrons. The molecule has 0 atom stereocenters. The Balaban J connectivity index is 2.57. The zero-order chi connectivity index (χ0) is 8.81. The molecule has 0 amide bonds. The number of allylic oxidation sites excluding steroid dienone is 1. The molecule has 0 spiro atoms. The average molecular weight is 226 g/mol. The highest BCUT2D eigenvalue weighted by molar-refractivity contribution is 9.10. The number of hydrogen-bond acceptors (Lipinski definition) is 1. The lowest BCUT2D eigenvalue weighted by Gasteiger charge is -1.96. The van der Waals surface area contributed by atoms with E-state index >= 15 is 0 Å². The summed E-state index contributed by atoms with van der Waals surface area (Å²) in [5.41, 5.74) is 6.63. The monoisotopic (exact) mass is 225 g/mol. The molecule has 0 saturated heterocycles. The fraction of sp³-hybridized carbons (Fsp3) is 0.200. The van der Waals surface area contributed by atoms with Crippen molar-refractivity contribution in [3.05, 3.63) is 46.5 Å². The highest BCUT2D eigenvalue weighted by Gasteiger charge is 1.89. The predicted molar refractivity (Wildman–Crippen MR) is 56.0 cm³/mol. The highest BCUT2D eigenvalue weighted by Crippen LogP contribution is 2.11. The van der Waals surface area contributed by atoms with E-state index in [-0.39, 0.29) is 0 Å². The minimum atomic E-state index is 0.619. The molecule has 0 aliphatic rings. The number of nitrogens with two attached hydrogens (primary N) is 1. The molecule has 64 valence electrons. The van der Waals surface area contributed by atoms with Gasteiger partial charge in [0.05, 0.1) is 0 Å². The standard InChI is InChI=1S/C10H12BrN/c11-10-6-3-5-9(8-10)4-1-2-7-12/h1-3,5-6,8H,4,7,12H2/b2-1+. The van der Waals surface area contributed by atoms with Gasteiger partial charge in [0.1, 0.15) is 0 Å². The Morgan fingerprint density at radius 3 is 2.83 bits per heavy atom. The number of benzene rings is 1. The van der Waals surface area contributed by atoms with Crippen LogP contribution in [0.2, 0.25) is 0 Å². The van der Waals surface area contributed by atoms with Crippen LogP contribution in [0.1, 0.15) is 5.56 Å². The van der Waals surface area contributed by atoms with Crippen LogP contribution in [0.15, 0.2) is 40.9 Å². The van der Waals surface area contributed by atoms with Crippen LogP contribution in [0.3, 0.4) is 0 Å². The third-order valence-electron chi connectivity index (χ3n) is 1.55. The summed E-state index contributed by atoms with van der Waals surface area (Å²) in [6.45, 7) is 0.619. The number of rotatable bonds is 3. The second-order valence-electron chi connectivity index (χ2n) is 2.54. The van der Waals surface area contributed by atoms with Crippen LogP contribution >= 0.6 is 15.9 Å². The molecule has 0 heterocycles. The van der Waals surface area contributed by atoms with Crippen LogP contribution in [0.5, 0.6) is 0 Å². The summed E-state index contributed by atoms with van der Waals surface area (Å²) in [5.74, 6) is 0. The summed E-state index contributed by atoms with van der Waals surface area (Å²) in [5, 5.41) is 0. The molecule has 1 nitrogen and oxygen atoms in total. The van der Waals surface area contributed by atoms with Crippen molar-refractivity contribution in [1.82, 2.24) is 0 Å².